The molecular weight excluding hydrogens is 468 g/mol. The van der Waals surface area contributed by atoms with Gasteiger partial charge in [0, 0.05) is 42.8 Å². The third-order valence-electron chi connectivity index (χ3n) is 4.88. The zero-order valence-corrected chi connectivity index (χ0v) is 16.8. The molecule has 1 fully saturated rings. The zero-order valence-electron chi connectivity index (χ0n) is 16.0. The fourth-order valence-electron chi connectivity index (χ4n) is 3.32. The molecule has 2 aromatic rings. The number of amides is 1. The summed E-state index contributed by atoms with van der Waals surface area (Å²) in [6.45, 7) is 0.0467. The van der Waals surface area contributed by atoms with Gasteiger partial charge in [0.2, 0.25) is 0 Å². The second-order valence-electron chi connectivity index (χ2n) is 6.96. The largest absolute Gasteiger partial charge is 0.416 e. The molecule has 0 radical (unpaired) electrons. The molecule has 32 heavy (non-hydrogen) atoms. The standard InChI is InChI=1S/C19H14ClF6N3O3/c20-14-1-2-15(16(10-14)29(31)32)27-3-5-28(6-4-27)17(30)11-7-12(18(21,22)23)9-13(8-11)19(24,25)26/h1-2,7-10H,3-6H2. The fraction of sp³-hybridized carbons (Fsp3) is 0.316. The van der Waals surface area contributed by atoms with Gasteiger partial charge < -0.3 is 9.80 Å². The van der Waals surface area contributed by atoms with Crippen LogP contribution in [0.15, 0.2) is 36.4 Å². The maximum atomic E-state index is 13.0. The van der Waals surface area contributed by atoms with Gasteiger partial charge >= 0.3 is 12.4 Å². The molecule has 0 saturated carbocycles. The molecule has 1 saturated heterocycles. The number of nitro groups is 1. The molecular formula is C19H14ClF6N3O3. The molecule has 1 aliphatic heterocycles. The van der Waals surface area contributed by atoms with Crippen molar-refractivity contribution in [1.29, 1.82) is 0 Å². The number of piperazine rings is 1. The van der Waals surface area contributed by atoms with E-state index in [1.165, 1.54) is 12.1 Å². The van der Waals surface area contributed by atoms with E-state index in [9.17, 15) is 41.3 Å². The summed E-state index contributed by atoms with van der Waals surface area (Å²) in [6.07, 6.45) is -10.1. The van der Waals surface area contributed by atoms with E-state index in [1.807, 2.05) is 0 Å². The van der Waals surface area contributed by atoms with Gasteiger partial charge in [-0.3, -0.25) is 14.9 Å². The first kappa shape index (κ1) is 23.6. The Morgan fingerprint density at radius 2 is 1.44 bits per heavy atom. The van der Waals surface area contributed by atoms with Crippen LogP contribution in [0.1, 0.15) is 21.5 Å². The lowest BCUT2D eigenvalue weighted by Gasteiger charge is -2.36. The minimum absolute atomic E-state index is 0.0472. The predicted molar refractivity (Wildman–Crippen MR) is 103 cm³/mol. The van der Waals surface area contributed by atoms with Gasteiger partial charge in [-0.05, 0) is 30.3 Å². The van der Waals surface area contributed by atoms with Gasteiger partial charge in [-0.15, -0.1) is 0 Å². The highest BCUT2D eigenvalue weighted by atomic mass is 35.5. The lowest BCUT2D eigenvalue weighted by atomic mass is 10.0. The smallest absolute Gasteiger partial charge is 0.362 e. The van der Waals surface area contributed by atoms with Crippen LogP contribution in [-0.2, 0) is 12.4 Å². The van der Waals surface area contributed by atoms with Crippen LogP contribution in [0.4, 0.5) is 37.7 Å². The van der Waals surface area contributed by atoms with Crippen LogP contribution < -0.4 is 4.90 Å². The fourth-order valence-corrected chi connectivity index (χ4v) is 3.49. The highest BCUT2D eigenvalue weighted by Gasteiger charge is 2.38. The molecule has 6 nitrogen and oxygen atoms in total. The van der Waals surface area contributed by atoms with Gasteiger partial charge in [0.15, 0.2) is 0 Å². The van der Waals surface area contributed by atoms with Crippen molar-refractivity contribution in [3.8, 4) is 0 Å². The molecule has 1 aliphatic rings. The topological polar surface area (TPSA) is 66.7 Å². The SMILES string of the molecule is O=C(c1cc(C(F)(F)F)cc(C(F)(F)F)c1)N1CCN(c2ccc(Cl)cc2[N+](=O)[O-])CC1. The number of carbonyl (C=O) groups excluding carboxylic acids is 1. The maximum absolute atomic E-state index is 13.0. The number of halogens is 7. The Balaban J connectivity index is 1.83. The van der Waals surface area contributed by atoms with E-state index in [0.717, 1.165) is 11.0 Å². The van der Waals surface area contributed by atoms with Crippen molar-refractivity contribution in [2.45, 2.75) is 12.4 Å². The molecule has 0 spiro atoms. The third-order valence-corrected chi connectivity index (χ3v) is 5.11. The number of benzene rings is 2. The summed E-state index contributed by atoms with van der Waals surface area (Å²) in [7, 11) is 0. The number of anilines is 1. The maximum Gasteiger partial charge on any atom is 0.416 e. The number of hydrogen-bond donors (Lipinski definition) is 0. The molecule has 1 amide bonds. The van der Waals surface area contributed by atoms with E-state index >= 15 is 0 Å². The van der Waals surface area contributed by atoms with Crippen molar-refractivity contribution in [3.63, 3.8) is 0 Å². The normalized spacial score (nSPS) is 15.1. The Labute approximate surface area is 182 Å². The first-order chi connectivity index (χ1) is 14.8. The molecule has 2 aromatic carbocycles. The Morgan fingerprint density at radius 1 is 0.906 bits per heavy atom. The van der Waals surface area contributed by atoms with E-state index in [0.29, 0.717) is 12.1 Å². The lowest BCUT2D eigenvalue weighted by molar-refractivity contribution is -0.384. The van der Waals surface area contributed by atoms with Crippen molar-refractivity contribution in [2.75, 3.05) is 31.1 Å². The summed E-state index contributed by atoms with van der Waals surface area (Å²) in [5.74, 6) is -0.994. The van der Waals surface area contributed by atoms with Crippen LogP contribution in [0, 0.1) is 10.1 Å². The highest BCUT2D eigenvalue weighted by molar-refractivity contribution is 6.30. The number of rotatable bonds is 3. The minimum atomic E-state index is -5.07. The summed E-state index contributed by atoms with van der Waals surface area (Å²) in [6, 6.07) is 4.76. The Kier molecular flexibility index (Phi) is 6.27. The second kappa shape index (κ2) is 8.49. The van der Waals surface area contributed by atoms with Gasteiger partial charge in [0.05, 0.1) is 16.1 Å². The molecule has 1 heterocycles. The summed E-state index contributed by atoms with van der Waals surface area (Å²) in [4.78, 5) is 26.0. The van der Waals surface area contributed by atoms with Gasteiger partial charge in [0.1, 0.15) is 5.69 Å². The average molecular weight is 482 g/mol. The molecule has 0 aliphatic carbocycles. The monoisotopic (exact) mass is 481 g/mol. The van der Waals surface area contributed by atoms with E-state index in [1.54, 1.807) is 4.90 Å². The summed E-state index contributed by atoms with van der Waals surface area (Å²) in [5.41, 5.74) is -3.91. The molecule has 0 aromatic heterocycles. The number of nitrogens with zero attached hydrogens (tertiary/aromatic N) is 3. The van der Waals surface area contributed by atoms with Crippen LogP contribution >= 0.6 is 11.6 Å². The van der Waals surface area contributed by atoms with E-state index in [4.69, 9.17) is 11.6 Å². The Morgan fingerprint density at radius 3 is 1.91 bits per heavy atom. The van der Waals surface area contributed by atoms with Crippen molar-refractivity contribution in [3.05, 3.63) is 68.2 Å². The number of carbonyl (C=O) groups is 1. The van der Waals surface area contributed by atoms with Gasteiger partial charge in [-0.25, -0.2) is 0 Å². The molecule has 0 atom stereocenters. The van der Waals surface area contributed by atoms with E-state index in [2.05, 4.69) is 0 Å². The van der Waals surface area contributed by atoms with E-state index < -0.39 is 39.9 Å². The first-order valence-electron chi connectivity index (χ1n) is 9.05. The van der Waals surface area contributed by atoms with Gasteiger partial charge in [-0.1, -0.05) is 11.6 Å². The van der Waals surface area contributed by atoms with Crippen LogP contribution in [0.25, 0.3) is 0 Å². The molecule has 0 N–H and O–H groups in total. The second-order valence-corrected chi connectivity index (χ2v) is 7.40. The summed E-state index contributed by atoms with van der Waals surface area (Å²) < 4.78 is 78.3. The number of nitro benzene ring substituents is 1. The lowest BCUT2D eigenvalue weighted by Crippen LogP contribution is -2.49. The van der Waals surface area contributed by atoms with Gasteiger partial charge in [-0.2, -0.15) is 26.3 Å². The first-order valence-corrected chi connectivity index (χ1v) is 9.43. The van der Waals surface area contributed by atoms with Crippen molar-refractivity contribution in [2.24, 2.45) is 0 Å². The summed E-state index contributed by atoms with van der Waals surface area (Å²) >= 11 is 5.79. The summed E-state index contributed by atoms with van der Waals surface area (Å²) in [5, 5.41) is 11.4. The third kappa shape index (κ3) is 5.06. The van der Waals surface area contributed by atoms with Crippen LogP contribution in [-0.4, -0.2) is 41.9 Å². The van der Waals surface area contributed by atoms with Crippen molar-refractivity contribution < 1.29 is 36.1 Å². The Bertz CT molecular complexity index is 1020. The quantitative estimate of drug-likeness (QED) is 0.341. The molecule has 13 heteroatoms. The van der Waals surface area contributed by atoms with Crippen LogP contribution in [0.2, 0.25) is 5.02 Å². The minimum Gasteiger partial charge on any atom is -0.362 e. The van der Waals surface area contributed by atoms with Gasteiger partial charge in [0.25, 0.3) is 11.6 Å². The number of hydrogen-bond acceptors (Lipinski definition) is 4. The van der Waals surface area contributed by atoms with Crippen molar-refractivity contribution in [1.82, 2.24) is 4.90 Å². The zero-order chi connectivity index (χ0) is 23.8. The molecule has 3 rings (SSSR count). The van der Waals surface area contributed by atoms with E-state index in [-0.39, 0.29) is 48.6 Å². The molecule has 0 unspecified atom stereocenters. The van der Waals surface area contributed by atoms with Crippen LogP contribution in [0.3, 0.4) is 0 Å². The van der Waals surface area contributed by atoms with Crippen LogP contribution in [0.5, 0.6) is 0 Å². The number of alkyl halides is 6. The Hall–Kier alpha value is -3.02. The average Bonchev–Trinajstić information content (AvgIpc) is 2.71. The van der Waals surface area contributed by atoms with Crippen molar-refractivity contribution >= 4 is 28.9 Å². The molecule has 0 bridgehead atoms. The predicted octanol–water partition coefficient (Wildman–Crippen LogP) is 5.25. The molecule has 172 valence electrons. The highest BCUT2D eigenvalue weighted by Crippen LogP contribution is 2.37.